The maximum Gasteiger partial charge on any atom is 0.242 e. The van der Waals surface area contributed by atoms with Crippen LogP contribution in [0.3, 0.4) is 0 Å². The van der Waals surface area contributed by atoms with Gasteiger partial charge in [0.1, 0.15) is 11.6 Å². The average Bonchev–Trinajstić information content (AvgIpc) is 2.58. The molecule has 0 saturated heterocycles. The van der Waals surface area contributed by atoms with Crippen LogP contribution in [0.1, 0.15) is 18.4 Å². The highest BCUT2D eigenvalue weighted by Gasteiger charge is 2.20. The van der Waals surface area contributed by atoms with Gasteiger partial charge in [-0.2, -0.15) is 0 Å². The van der Waals surface area contributed by atoms with Crippen molar-refractivity contribution in [1.29, 1.82) is 0 Å². The van der Waals surface area contributed by atoms with Crippen molar-refractivity contribution in [2.24, 2.45) is 0 Å². The molecule has 2 aromatic carbocycles. The molecule has 0 fully saturated rings. The number of aryl methyl sites for hydroxylation is 1. The minimum atomic E-state index is -3.73. The van der Waals surface area contributed by atoms with Crippen LogP contribution >= 0.6 is 0 Å². The zero-order chi connectivity index (χ0) is 19.3. The number of carbonyl (C=O) groups is 1. The van der Waals surface area contributed by atoms with Crippen LogP contribution in [0.2, 0.25) is 0 Å². The molecular formula is C18H21FN2O4S. The van der Waals surface area contributed by atoms with E-state index in [9.17, 15) is 22.7 Å². The molecule has 6 nitrogen and oxygen atoms in total. The summed E-state index contributed by atoms with van der Waals surface area (Å²) in [5.74, 6) is -0.860. The first kappa shape index (κ1) is 19.9. The van der Waals surface area contributed by atoms with Gasteiger partial charge in [-0.05, 0) is 55.3 Å². The van der Waals surface area contributed by atoms with Crippen LogP contribution < -0.4 is 5.32 Å². The Bertz CT molecular complexity index is 883. The van der Waals surface area contributed by atoms with Crippen molar-refractivity contribution in [3.8, 4) is 5.75 Å². The summed E-state index contributed by atoms with van der Waals surface area (Å²) < 4.78 is 38.8. The number of hydrogen-bond donors (Lipinski definition) is 2. The van der Waals surface area contributed by atoms with Crippen LogP contribution in [0.15, 0.2) is 47.4 Å². The van der Waals surface area contributed by atoms with Crippen LogP contribution in [0.4, 0.5) is 10.1 Å². The number of nitrogens with one attached hydrogen (secondary N) is 1. The van der Waals surface area contributed by atoms with E-state index >= 15 is 0 Å². The summed E-state index contributed by atoms with van der Waals surface area (Å²) >= 11 is 0. The van der Waals surface area contributed by atoms with Crippen LogP contribution in [0.25, 0.3) is 0 Å². The Kier molecular flexibility index (Phi) is 6.33. The lowest BCUT2D eigenvalue weighted by Gasteiger charge is -2.17. The van der Waals surface area contributed by atoms with Gasteiger partial charge in [0.25, 0.3) is 0 Å². The van der Waals surface area contributed by atoms with Crippen molar-refractivity contribution in [2.75, 3.05) is 18.9 Å². The van der Waals surface area contributed by atoms with Gasteiger partial charge in [0.15, 0.2) is 0 Å². The van der Waals surface area contributed by atoms with E-state index in [0.717, 1.165) is 22.0 Å². The number of amides is 1. The normalized spacial score (nSPS) is 11.5. The Morgan fingerprint density at radius 1 is 1.19 bits per heavy atom. The van der Waals surface area contributed by atoms with Crippen molar-refractivity contribution in [2.45, 2.75) is 24.7 Å². The first-order chi connectivity index (χ1) is 12.2. The predicted octanol–water partition coefficient (Wildman–Crippen LogP) is 2.88. The highest BCUT2D eigenvalue weighted by molar-refractivity contribution is 7.89. The first-order valence-corrected chi connectivity index (χ1v) is 9.45. The molecular weight excluding hydrogens is 359 g/mol. The van der Waals surface area contributed by atoms with E-state index in [-0.39, 0.29) is 29.5 Å². The van der Waals surface area contributed by atoms with Gasteiger partial charge in [-0.1, -0.05) is 6.07 Å². The SMILES string of the molecule is Cc1ccc(O)c(NC(=O)CCCN(C)S(=O)(=O)c2ccc(F)cc2)c1. The summed E-state index contributed by atoms with van der Waals surface area (Å²) in [7, 11) is -2.32. The number of phenols is 1. The van der Waals surface area contributed by atoms with Crippen LogP contribution in [-0.4, -0.2) is 37.3 Å². The molecule has 0 unspecified atom stereocenters. The summed E-state index contributed by atoms with van der Waals surface area (Å²) in [5, 5.41) is 12.3. The van der Waals surface area contributed by atoms with Gasteiger partial charge >= 0.3 is 0 Å². The number of anilines is 1. The maximum absolute atomic E-state index is 12.9. The quantitative estimate of drug-likeness (QED) is 0.723. The lowest BCUT2D eigenvalue weighted by Crippen LogP contribution is -2.28. The summed E-state index contributed by atoms with van der Waals surface area (Å²) in [5.41, 5.74) is 1.21. The van der Waals surface area contributed by atoms with Crippen molar-refractivity contribution in [3.05, 3.63) is 53.8 Å². The number of nitrogens with zero attached hydrogens (tertiary/aromatic N) is 1. The van der Waals surface area contributed by atoms with E-state index in [4.69, 9.17) is 0 Å². The second kappa shape index (κ2) is 8.29. The molecule has 0 aliphatic rings. The van der Waals surface area contributed by atoms with Gasteiger partial charge in [0.05, 0.1) is 10.6 Å². The second-order valence-electron chi connectivity index (χ2n) is 5.95. The molecule has 0 saturated carbocycles. The Labute approximate surface area is 152 Å². The highest BCUT2D eigenvalue weighted by Crippen LogP contribution is 2.24. The van der Waals surface area contributed by atoms with E-state index in [0.29, 0.717) is 12.1 Å². The minimum absolute atomic E-state index is 0.00413. The van der Waals surface area contributed by atoms with E-state index in [1.165, 1.54) is 25.2 Å². The number of halogens is 1. The monoisotopic (exact) mass is 380 g/mol. The second-order valence-corrected chi connectivity index (χ2v) is 8.00. The van der Waals surface area contributed by atoms with Gasteiger partial charge in [-0.25, -0.2) is 17.1 Å². The van der Waals surface area contributed by atoms with E-state index in [1.807, 2.05) is 6.92 Å². The third-order valence-electron chi connectivity index (χ3n) is 3.82. The number of aromatic hydroxyl groups is 1. The third kappa shape index (κ3) is 5.03. The molecule has 26 heavy (non-hydrogen) atoms. The minimum Gasteiger partial charge on any atom is -0.506 e. The molecule has 2 aromatic rings. The molecule has 2 rings (SSSR count). The van der Waals surface area contributed by atoms with Gasteiger partial charge in [0.2, 0.25) is 15.9 Å². The van der Waals surface area contributed by atoms with E-state index < -0.39 is 15.8 Å². The van der Waals surface area contributed by atoms with Crippen molar-refractivity contribution < 1.29 is 22.7 Å². The topological polar surface area (TPSA) is 86.7 Å². The van der Waals surface area contributed by atoms with Crippen LogP contribution in [0, 0.1) is 12.7 Å². The summed E-state index contributed by atoms with van der Waals surface area (Å²) in [4.78, 5) is 12.0. The number of hydrogen-bond acceptors (Lipinski definition) is 4. The molecule has 0 aromatic heterocycles. The molecule has 0 spiro atoms. The predicted molar refractivity (Wildman–Crippen MR) is 96.9 cm³/mol. The number of benzene rings is 2. The lowest BCUT2D eigenvalue weighted by molar-refractivity contribution is -0.116. The number of sulfonamides is 1. The van der Waals surface area contributed by atoms with Gasteiger partial charge in [-0.15, -0.1) is 0 Å². The Morgan fingerprint density at radius 3 is 2.50 bits per heavy atom. The Morgan fingerprint density at radius 2 is 1.85 bits per heavy atom. The molecule has 0 bridgehead atoms. The van der Waals surface area contributed by atoms with Gasteiger partial charge in [-0.3, -0.25) is 4.79 Å². The molecule has 0 radical (unpaired) electrons. The third-order valence-corrected chi connectivity index (χ3v) is 5.70. The average molecular weight is 380 g/mol. The van der Waals surface area contributed by atoms with Crippen molar-refractivity contribution in [1.82, 2.24) is 4.31 Å². The Hall–Kier alpha value is -2.45. The van der Waals surface area contributed by atoms with Crippen molar-refractivity contribution in [3.63, 3.8) is 0 Å². The fourth-order valence-electron chi connectivity index (χ4n) is 2.33. The van der Waals surface area contributed by atoms with Crippen molar-refractivity contribution >= 4 is 21.6 Å². The summed E-state index contributed by atoms with van der Waals surface area (Å²) in [6.45, 7) is 1.97. The summed E-state index contributed by atoms with van der Waals surface area (Å²) in [6, 6.07) is 9.44. The van der Waals surface area contributed by atoms with Gasteiger partial charge in [0, 0.05) is 20.0 Å². The molecule has 2 N–H and O–H groups in total. The smallest absolute Gasteiger partial charge is 0.242 e. The zero-order valence-electron chi connectivity index (χ0n) is 14.6. The standard InChI is InChI=1S/C18H21FN2O4S/c1-13-5-10-17(22)16(12-13)20-18(23)4-3-11-21(2)26(24,25)15-8-6-14(19)7-9-15/h5-10,12,22H,3-4,11H2,1-2H3,(H,20,23). The van der Waals surface area contributed by atoms with E-state index in [1.54, 1.807) is 12.1 Å². The van der Waals surface area contributed by atoms with E-state index in [2.05, 4.69) is 5.32 Å². The molecule has 140 valence electrons. The lowest BCUT2D eigenvalue weighted by atomic mass is 10.2. The number of phenolic OH excluding ortho intramolecular Hbond substituents is 1. The molecule has 0 aliphatic heterocycles. The number of rotatable bonds is 7. The fourth-order valence-corrected chi connectivity index (χ4v) is 3.54. The zero-order valence-corrected chi connectivity index (χ0v) is 15.4. The summed E-state index contributed by atoms with van der Waals surface area (Å²) in [6.07, 6.45) is 0.395. The highest BCUT2D eigenvalue weighted by atomic mass is 32.2. The first-order valence-electron chi connectivity index (χ1n) is 8.01. The maximum atomic E-state index is 12.9. The molecule has 0 heterocycles. The molecule has 0 aliphatic carbocycles. The fraction of sp³-hybridized carbons (Fsp3) is 0.278. The largest absolute Gasteiger partial charge is 0.506 e. The van der Waals surface area contributed by atoms with Gasteiger partial charge < -0.3 is 10.4 Å². The Balaban J connectivity index is 1.89. The van der Waals surface area contributed by atoms with Crippen LogP contribution in [-0.2, 0) is 14.8 Å². The van der Waals surface area contributed by atoms with Crippen LogP contribution in [0.5, 0.6) is 5.75 Å². The molecule has 0 atom stereocenters. The number of carbonyl (C=O) groups excluding carboxylic acids is 1. The molecule has 8 heteroatoms. The molecule has 1 amide bonds.